The van der Waals surface area contributed by atoms with Crippen LogP contribution in [0.4, 0.5) is 5.69 Å². The standard InChI is InChI=1S/C9H15N3O/c10-7-5-11-12(6-7)8-2-1-3-9(13)4-8/h5-6,8-9,13H,1-4,10H2/t8-,9+/m0/s1. The van der Waals surface area contributed by atoms with Gasteiger partial charge < -0.3 is 10.8 Å². The van der Waals surface area contributed by atoms with Crippen molar-refractivity contribution < 1.29 is 5.11 Å². The van der Waals surface area contributed by atoms with E-state index in [-0.39, 0.29) is 6.10 Å². The van der Waals surface area contributed by atoms with Crippen LogP contribution >= 0.6 is 0 Å². The number of nitrogens with zero attached hydrogens (tertiary/aromatic N) is 2. The lowest BCUT2D eigenvalue weighted by molar-refractivity contribution is 0.100. The van der Waals surface area contributed by atoms with Crippen LogP contribution in [0.1, 0.15) is 31.7 Å². The van der Waals surface area contributed by atoms with Crippen molar-refractivity contribution in [2.24, 2.45) is 0 Å². The molecule has 1 aromatic heterocycles. The van der Waals surface area contributed by atoms with Crippen molar-refractivity contribution in [3.8, 4) is 0 Å². The molecule has 1 aromatic rings. The van der Waals surface area contributed by atoms with E-state index < -0.39 is 0 Å². The van der Waals surface area contributed by atoms with Crippen molar-refractivity contribution >= 4 is 5.69 Å². The topological polar surface area (TPSA) is 64.1 Å². The van der Waals surface area contributed by atoms with Crippen molar-refractivity contribution in [3.05, 3.63) is 12.4 Å². The number of anilines is 1. The van der Waals surface area contributed by atoms with Gasteiger partial charge in [-0.2, -0.15) is 5.10 Å². The highest BCUT2D eigenvalue weighted by Crippen LogP contribution is 2.28. The molecule has 0 aliphatic heterocycles. The van der Waals surface area contributed by atoms with E-state index in [0.717, 1.165) is 25.7 Å². The summed E-state index contributed by atoms with van der Waals surface area (Å²) in [6.07, 6.45) is 7.23. The van der Waals surface area contributed by atoms with Crippen LogP contribution in [0.5, 0.6) is 0 Å². The van der Waals surface area contributed by atoms with Gasteiger partial charge >= 0.3 is 0 Å². The molecule has 0 amide bonds. The second kappa shape index (κ2) is 3.38. The molecule has 2 rings (SSSR count). The van der Waals surface area contributed by atoms with Crippen LogP contribution in [-0.2, 0) is 0 Å². The van der Waals surface area contributed by atoms with Crippen molar-refractivity contribution in [2.75, 3.05) is 5.73 Å². The van der Waals surface area contributed by atoms with Gasteiger partial charge in [-0.25, -0.2) is 0 Å². The fourth-order valence-corrected chi connectivity index (χ4v) is 1.93. The zero-order valence-electron chi connectivity index (χ0n) is 7.56. The molecule has 0 bridgehead atoms. The number of hydrogen-bond donors (Lipinski definition) is 2. The molecule has 0 aromatic carbocycles. The van der Waals surface area contributed by atoms with Crippen LogP contribution in [0.25, 0.3) is 0 Å². The molecule has 3 N–H and O–H groups in total. The van der Waals surface area contributed by atoms with Crippen LogP contribution in [0.3, 0.4) is 0 Å². The Labute approximate surface area is 77.4 Å². The van der Waals surface area contributed by atoms with E-state index in [0.29, 0.717) is 11.7 Å². The summed E-state index contributed by atoms with van der Waals surface area (Å²) in [6.45, 7) is 0. The predicted octanol–water partition coefficient (Wildman–Crippen LogP) is 0.941. The van der Waals surface area contributed by atoms with Crippen molar-refractivity contribution in [3.63, 3.8) is 0 Å². The molecular formula is C9H15N3O. The lowest BCUT2D eigenvalue weighted by Crippen LogP contribution is -2.22. The molecule has 4 nitrogen and oxygen atoms in total. The second-order valence-electron chi connectivity index (χ2n) is 3.73. The number of nitrogen functional groups attached to an aromatic ring is 1. The average Bonchev–Trinajstić information content (AvgIpc) is 2.52. The van der Waals surface area contributed by atoms with Gasteiger partial charge in [0.25, 0.3) is 0 Å². The Kier molecular flexibility index (Phi) is 2.22. The molecular weight excluding hydrogens is 166 g/mol. The highest BCUT2D eigenvalue weighted by Gasteiger charge is 2.21. The summed E-state index contributed by atoms with van der Waals surface area (Å²) in [7, 11) is 0. The Morgan fingerprint density at radius 1 is 1.54 bits per heavy atom. The van der Waals surface area contributed by atoms with Crippen molar-refractivity contribution in [1.82, 2.24) is 9.78 Å². The van der Waals surface area contributed by atoms with Crippen LogP contribution < -0.4 is 5.73 Å². The minimum atomic E-state index is -0.163. The summed E-state index contributed by atoms with van der Waals surface area (Å²) < 4.78 is 1.87. The molecule has 1 saturated carbocycles. The number of aliphatic hydroxyl groups excluding tert-OH is 1. The molecule has 0 spiro atoms. The maximum Gasteiger partial charge on any atom is 0.0719 e. The van der Waals surface area contributed by atoms with Gasteiger partial charge in [0, 0.05) is 6.20 Å². The molecule has 1 heterocycles. The Morgan fingerprint density at radius 3 is 3.00 bits per heavy atom. The summed E-state index contributed by atoms with van der Waals surface area (Å²) in [5, 5.41) is 13.6. The van der Waals surface area contributed by atoms with E-state index in [2.05, 4.69) is 5.10 Å². The molecule has 13 heavy (non-hydrogen) atoms. The average molecular weight is 181 g/mol. The van der Waals surface area contributed by atoms with E-state index >= 15 is 0 Å². The summed E-state index contributed by atoms with van der Waals surface area (Å²) >= 11 is 0. The Morgan fingerprint density at radius 2 is 2.38 bits per heavy atom. The van der Waals surface area contributed by atoms with Gasteiger partial charge in [-0.15, -0.1) is 0 Å². The van der Waals surface area contributed by atoms with E-state index in [9.17, 15) is 5.11 Å². The largest absolute Gasteiger partial charge is 0.396 e. The quantitative estimate of drug-likeness (QED) is 0.677. The normalized spacial score (nSPS) is 29.0. The van der Waals surface area contributed by atoms with Crippen LogP contribution in [-0.4, -0.2) is 21.0 Å². The van der Waals surface area contributed by atoms with Gasteiger partial charge in [-0.3, -0.25) is 4.68 Å². The van der Waals surface area contributed by atoms with Gasteiger partial charge in [0.1, 0.15) is 0 Å². The number of nitrogens with two attached hydrogens (primary N) is 1. The zero-order chi connectivity index (χ0) is 9.26. The maximum absolute atomic E-state index is 9.48. The van der Waals surface area contributed by atoms with Crippen molar-refractivity contribution in [1.29, 1.82) is 0 Å². The maximum atomic E-state index is 9.48. The van der Waals surface area contributed by atoms with Gasteiger partial charge in [0.2, 0.25) is 0 Å². The summed E-state index contributed by atoms with van der Waals surface area (Å²) in [6, 6.07) is 0.334. The summed E-state index contributed by atoms with van der Waals surface area (Å²) in [4.78, 5) is 0. The third-order valence-corrected chi connectivity index (χ3v) is 2.61. The fraction of sp³-hybridized carbons (Fsp3) is 0.667. The first-order valence-electron chi connectivity index (χ1n) is 4.73. The predicted molar refractivity (Wildman–Crippen MR) is 50.2 cm³/mol. The molecule has 2 atom stereocenters. The van der Waals surface area contributed by atoms with E-state index in [4.69, 9.17) is 5.73 Å². The molecule has 0 radical (unpaired) electrons. The first kappa shape index (κ1) is 8.56. The number of aliphatic hydroxyl groups is 1. The van der Waals surface area contributed by atoms with Crippen LogP contribution in [0.2, 0.25) is 0 Å². The van der Waals surface area contributed by atoms with Crippen LogP contribution in [0.15, 0.2) is 12.4 Å². The highest BCUT2D eigenvalue weighted by atomic mass is 16.3. The number of aromatic nitrogens is 2. The molecule has 0 unspecified atom stereocenters. The first-order chi connectivity index (χ1) is 6.25. The Hall–Kier alpha value is -1.03. The third kappa shape index (κ3) is 1.83. The zero-order valence-corrected chi connectivity index (χ0v) is 7.56. The lowest BCUT2D eigenvalue weighted by atomic mass is 9.93. The van der Waals surface area contributed by atoms with Crippen molar-refractivity contribution in [2.45, 2.75) is 37.8 Å². The van der Waals surface area contributed by atoms with E-state index in [1.807, 2.05) is 10.9 Å². The lowest BCUT2D eigenvalue weighted by Gasteiger charge is -2.25. The molecule has 72 valence electrons. The SMILES string of the molecule is Nc1cnn([C@H]2CCC[C@@H](O)C2)c1. The minimum Gasteiger partial charge on any atom is -0.396 e. The van der Waals surface area contributed by atoms with E-state index in [1.165, 1.54) is 0 Å². The molecule has 1 fully saturated rings. The third-order valence-electron chi connectivity index (χ3n) is 2.61. The van der Waals surface area contributed by atoms with Crippen LogP contribution in [0, 0.1) is 0 Å². The molecule has 4 heteroatoms. The molecule has 1 aliphatic carbocycles. The molecule has 1 aliphatic rings. The van der Waals surface area contributed by atoms with Gasteiger partial charge in [0.05, 0.1) is 24.0 Å². The summed E-state index contributed by atoms with van der Waals surface area (Å²) in [5.41, 5.74) is 6.27. The fourth-order valence-electron chi connectivity index (χ4n) is 1.93. The summed E-state index contributed by atoms with van der Waals surface area (Å²) in [5.74, 6) is 0. The minimum absolute atomic E-state index is 0.163. The second-order valence-corrected chi connectivity index (χ2v) is 3.73. The van der Waals surface area contributed by atoms with Gasteiger partial charge in [-0.1, -0.05) is 0 Å². The van der Waals surface area contributed by atoms with E-state index in [1.54, 1.807) is 6.20 Å². The smallest absolute Gasteiger partial charge is 0.0719 e. The Bertz CT molecular complexity index is 284. The monoisotopic (exact) mass is 181 g/mol. The highest BCUT2D eigenvalue weighted by molar-refractivity contribution is 5.30. The van der Waals surface area contributed by atoms with Gasteiger partial charge in [0.15, 0.2) is 0 Å². The number of rotatable bonds is 1. The first-order valence-corrected chi connectivity index (χ1v) is 4.73. The van der Waals surface area contributed by atoms with Gasteiger partial charge in [-0.05, 0) is 25.7 Å². The number of hydrogen-bond acceptors (Lipinski definition) is 3. The Balaban J connectivity index is 2.08. The molecule has 0 saturated heterocycles.